The lowest BCUT2D eigenvalue weighted by atomic mass is 10.1. The average molecular weight is 397 g/mol. The lowest BCUT2D eigenvalue weighted by molar-refractivity contribution is -0.120. The third kappa shape index (κ3) is 4.35. The Balaban J connectivity index is 1.33. The molecule has 0 spiro atoms. The zero-order valence-electron chi connectivity index (χ0n) is 14.9. The number of fused-ring (bicyclic) bond motifs is 1. The molecule has 1 aliphatic rings. The molecule has 3 aromatic rings. The molecule has 1 amide bonds. The van der Waals surface area contributed by atoms with Gasteiger partial charge in [-0.15, -0.1) is 0 Å². The van der Waals surface area contributed by atoms with Crippen LogP contribution < -0.4 is 14.9 Å². The van der Waals surface area contributed by atoms with E-state index in [1.807, 2.05) is 36.4 Å². The quantitative estimate of drug-likeness (QED) is 0.521. The van der Waals surface area contributed by atoms with E-state index in [0.29, 0.717) is 41.3 Å². The van der Waals surface area contributed by atoms with Crippen LogP contribution in [0.3, 0.4) is 0 Å². The van der Waals surface area contributed by atoms with Gasteiger partial charge in [0.2, 0.25) is 5.91 Å². The van der Waals surface area contributed by atoms with Crippen LogP contribution in [0.4, 0.5) is 0 Å². The molecule has 0 saturated heterocycles. The third-order valence-electron chi connectivity index (χ3n) is 4.11. The second-order valence-electron chi connectivity index (χ2n) is 6.16. The maximum absolute atomic E-state index is 12.1. The molecule has 0 aliphatic carbocycles. The summed E-state index contributed by atoms with van der Waals surface area (Å²) in [4.78, 5) is 12.1. The first-order valence-corrected chi connectivity index (χ1v) is 9.11. The van der Waals surface area contributed by atoms with Crippen molar-refractivity contribution in [1.29, 1.82) is 0 Å². The van der Waals surface area contributed by atoms with E-state index in [0.717, 1.165) is 11.1 Å². The predicted octanol–water partition coefficient (Wildman–Crippen LogP) is 4.06. The first kappa shape index (κ1) is 18.1. The summed E-state index contributed by atoms with van der Waals surface area (Å²) in [6.07, 6.45) is 1.64. The molecular weight excluding hydrogens is 380 g/mol. The molecular formula is C21H17ClN2O4. The summed E-state index contributed by atoms with van der Waals surface area (Å²) in [5.41, 5.74) is 4.23. The monoisotopic (exact) mass is 396 g/mol. The van der Waals surface area contributed by atoms with Crippen molar-refractivity contribution in [2.45, 2.75) is 6.42 Å². The number of furan rings is 1. The van der Waals surface area contributed by atoms with Crippen LogP contribution in [-0.2, 0) is 11.2 Å². The van der Waals surface area contributed by atoms with Crippen molar-refractivity contribution in [3.8, 4) is 22.8 Å². The van der Waals surface area contributed by atoms with Crippen molar-refractivity contribution in [1.82, 2.24) is 5.43 Å². The van der Waals surface area contributed by atoms with E-state index in [1.165, 1.54) is 6.21 Å². The van der Waals surface area contributed by atoms with Crippen LogP contribution >= 0.6 is 11.6 Å². The number of amides is 1. The fraction of sp³-hybridized carbons (Fsp3) is 0.143. The highest BCUT2D eigenvalue weighted by molar-refractivity contribution is 6.30. The van der Waals surface area contributed by atoms with Crippen LogP contribution in [0.2, 0.25) is 5.02 Å². The standard InChI is InChI=1S/C21H17ClN2O4/c22-16-4-2-15(3-5-16)18-8-6-17(28-18)13-23-24-21(25)12-14-1-7-19-20(11-14)27-10-9-26-19/h1-8,11,13H,9-10,12H2,(H,24,25)/b23-13-. The van der Waals surface area contributed by atoms with Crippen molar-refractivity contribution in [3.63, 3.8) is 0 Å². The molecule has 0 unspecified atom stereocenters. The number of hydrogen-bond donors (Lipinski definition) is 1. The highest BCUT2D eigenvalue weighted by Crippen LogP contribution is 2.30. The van der Waals surface area contributed by atoms with Gasteiger partial charge in [0.25, 0.3) is 0 Å². The molecule has 2 aromatic carbocycles. The minimum atomic E-state index is -0.239. The normalized spacial score (nSPS) is 12.9. The summed E-state index contributed by atoms with van der Waals surface area (Å²) in [5.74, 6) is 2.34. The average Bonchev–Trinajstić information content (AvgIpc) is 3.17. The van der Waals surface area contributed by atoms with Crippen LogP contribution in [0.15, 0.2) is 64.1 Å². The predicted molar refractivity (Wildman–Crippen MR) is 106 cm³/mol. The molecule has 2 heterocycles. The van der Waals surface area contributed by atoms with Gasteiger partial charge in [0.05, 0.1) is 12.6 Å². The number of ether oxygens (including phenoxy) is 2. The first-order valence-electron chi connectivity index (χ1n) is 8.73. The SMILES string of the molecule is O=C(Cc1ccc2c(c1)OCCO2)N/N=C\c1ccc(-c2ccc(Cl)cc2)o1. The number of hydrazone groups is 1. The number of hydrogen-bond acceptors (Lipinski definition) is 5. The molecule has 7 heteroatoms. The van der Waals surface area contributed by atoms with E-state index >= 15 is 0 Å². The summed E-state index contributed by atoms with van der Waals surface area (Å²) >= 11 is 5.89. The van der Waals surface area contributed by atoms with E-state index in [9.17, 15) is 4.79 Å². The van der Waals surface area contributed by atoms with Gasteiger partial charge in [-0.3, -0.25) is 4.79 Å². The van der Waals surface area contributed by atoms with Crippen LogP contribution in [0.5, 0.6) is 11.5 Å². The topological polar surface area (TPSA) is 73.1 Å². The van der Waals surface area contributed by atoms with Crippen LogP contribution in [-0.4, -0.2) is 25.3 Å². The fourth-order valence-electron chi connectivity index (χ4n) is 2.78. The summed E-state index contributed by atoms with van der Waals surface area (Å²) in [6, 6.07) is 16.4. The molecule has 6 nitrogen and oxygen atoms in total. The zero-order valence-corrected chi connectivity index (χ0v) is 15.6. The Labute approximate surface area is 166 Å². The molecule has 0 bridgehead atoms. The largest absolute Gasteiger partial charge is 0.486 e. The summed E-state index contributed by atoms with van der Waals surface area (Å²) in [6.45, 7) is 1.04. The van der Waals surface area contributed by atoms with Gasteiger partial charge in [-0.05, 0) is 54.1 Å². The Morgan fingerprint density at radius 1 is 1.04 bits per heavy atom. The van der Waals surface area contributed by atoms with Gasteiger partial charge in [-0.1, -0.05) is 17.7 Å². The number of rotatable bonds is 5. The maximum Gasteiger partial charge on any atom is 0.244 e. The second-order valence-corrected chi connectivity index (χ2v) is 6.59. The van der Waals surface area contributed by atoms with E-state index in [1.54, 1.807) is 18.2 Å². The van der Waals surface area contributed by atoms with Gasteiger partial charge in [-0.25, -0.2) is 5.43 Å². The number of benzene rings is 2. The Kier molecular flexibility index (Phi) is 5.30. The Bertz CT molecular complexity index is 1010. The highest BCUT2D eigenvalue weighted by Gasteiger charge is 2.13. The van der Waals surface area contributed by atoms with Crippen molar-refractivity contribution in [2.24, 2.45) is 5.10 Å². The molecule has 0 radical (unpaired) electrons. The first-order chi connectivity index (χ1) is 13.7. The van der Waals surface area contributed by atoms with Crippen LogP contribution in [0, 0.1) is 0 Å². The van der Waals surface area contributed by atoms with Gasteiger partial charge in [-0.2, -0.15) is 5.10 Å². The molecule has 1 N–H and O–H groups in total. The van der Waals surface area contributed by atoms with Crippen molar-refractivity contribution in [3.05, 3.63) is 70.9 Å². The molecule has 1 aromatic heterocycles. The van der Waals surface area contributed by atoms with Gasteiger partial charge >= 0.3 is 0 Å². The fourth-order valence-corrected chi connectivity index (χ4v) is 2.91. The summed E-state index contributed by atoms with van der Waals surface area (Å²) < 4.78 is 16.7. The molecule has 0 fully saturated rings. The Morgan fingerprint density at radius 2 is 1.82 bits per heavy atom. The van der Waals surface area contributed by atoms with Crippen LogP contribution in [0.25, 0.3) is 11.3 Å². The van der Waals surface area contributed by atoms with Crippen molar-refractivity contribution < 1.29 is 18.7 Å². The summed E-state index contributed by atoms with van der Waals surface area (Å²) in [5, 5.41) is 4.62. The lowest BCUT2D eigenvalue weighted by Crippen LogP contribution is -2.20. The van der Waals surface area contributed by atoms with E-state index in [4.69, 9.17) is 25.5 Å². The highest BCUT2D eigenvalue weighted by atomic mass is 35.5. The van der Waals surface area contributed by atoms with E-state index in [2.05, 4.69) is 10.5 Å². The van der Waals surface area contributed by atoms with Gasteiger partial charge in [0.15, 0.2) is 11.5 Å². The van der Waals surface area contributed by atoms with Crippen molar-refractivity contribution >= 4 is 23.7 Å². The van der Waals surface area contributed by atoms with Gasteiger partial charge in [0.1, 0.15) is 24.7 Å². The second kappa shape index (κ2) is 8.19. The Hall–Kier alpha value is -3.25. The van der Waals surface area contributed by atoms with Gasteiger partial charge < -0.3 is 13.9 Å². The number of halogens is 1. The number of carbonyl (C=O) groups is 1. The smallest absolute Gasteiger partial charge is 0.244 e. The third-order valence-corrected chi connectivity index (χ3v) is 4.36. The van der Waals surface area contributed by atoms with Gasteiger partial charge in [0, 0.05) is 10.6 Å². The van der Waals surface area contributed by atoms with Crippen molar-refractivity contribution in [2.75, 3.05) is 13.2 Å². The summed E-state index contributed by atoms with van der Waals surface area (Å²) in [7, 11) is 0. The number of carbonyl (C=O) groups excluding carboxylic acids is 1. The lowest BCUT2D eigenvalue weighted by Gasteiger charge is -2.18. The van der Waals surface area contributed by atoms with E-state index in [-0.39, 0.29) is 12.3 Å². The molecule has 1 aliphatic heterocycles. The molecule has 142 valence electrons. The maximum atomic E-state index is 12.1. The molecule has 28 heavy (non-hydrogen) atoms. The molecule has 0 saturated carbocycles. The number of nitrogens with zero attached hydrogens (tertiary/aromatic N) is 1. The molecule has 0 atom stereocenters. The minimum absolute atomic E-state index is 0.183. The zero-order chi connectivity index (χ0) is 19.3. The van der Waals surface area contributed by atoms with Crippen LogP contribution in [0.1, 0.15) is 11.3 Å². The minimum Gasteiger partial charge on any atom is -0.486 e. The molecule has 4 rings (SSSR count). The Morgan fingerprint density at radius 3 is 2.64 bits per heavy atom. The number of nitrogens with one attached hydrogen (secondary N) is 1. The van der Waals surface area contributed by atoms with E-state index < -0.39 is 0 Å².